The van der Waals surface area contributed by atoms with Crippen molar-refractivity contribution in [3.05, 3.63) is 29.8 Å². The van der Waals surface area contributed by atoms with E-state index in [1.807, 2.05) is 0 Å². The Bertz CT molecular complexity index is 555. The van der Waals surface area contributed by atoms with Gasteiger partial charge in [0, 0.05) is 0 Å². The van der Waals surface area contributed by atoms with Gasteiger partial charge in [-0.3, -0.25) is 0 Å². The minimum Gasteiger partial charge on any atom is -0.744 e. The second-order valence-corrected chi connectivity index (χ2v) is 8.82. The van der Waals surface area contributed by atoms with E-state index >= 15 is 0 Å². The number of benzene rings is 1. The van der Waals surface area contributed by atoms with Gasteiger partial charge in [-0.25, -0.2) is 8.42 Å². The maximum absolute atomic E-state index is 10.9. The van der Waals surface area contributed by atoms with E-state index in [2.05, 4.69) is 6.92 Å². The summed E-state index contributed by atoms with van der Waals surface area (Å²) in [4.78, 5) is -0.137. The van der Waals surface area contributed by atoms with Crippen LogP contribution in [0, 0.1) is 0 Å². The average molecular weight is 405 g/mol. The molecule has 1 aromatic carbocycles. The second-order valence-electron chi connectivity index (χ2n) is 7.44. The van der Waals surface area contributed by atoms with Gasteiger partial charge >= 0.3 is 29.6 Å². The molecule has 5 heteroatoms. The zero-order chi connectivity index (χ0) is 19.1. The third kappa shape index (κ3) is 14.7. The van der Waals surface area contributed by atoms with Crippen LogP contribution in [0.3, 0.4) is 0 Å². The summed E-state index contributed by atoms with van der Waals surface area (Å²) >= 11 is 0. The van der Waals surface area contributed by atoms with Crippen molar-refractivity contribution in [3.8, 4) is 0 Å². The van der Waals surface area contributed by atoms with Crippen LogP contribution in [0.1, 0.15) is 102 Å². The summed E-state index contributed by atoms with van der Waals surface area (Å²) in [5.74, 6) is 0. The van der Waals surface area contributed by atoms with Crippen LogP contribution in [0.4, 0.5) is 0 Å². The Labute approximate surface area is 189 Å². The van der Waals surface area contributed by atoms with Gasteiger partial charge in [0.25, 0.3) is 0 Å². The van der Waals surface area contributed by atoms with E-state index in [0.29, 0.717) is 0 Å². The third-order valence-electron chi connectivity index (χ3n) is 5.03. The fourth-order valence-electron chi connectivity index (χ4n) is 3.35. The van der Waals surface area contributed by atoms with Crippen molar-refractivity contribution in [1.29, 1.82) is 0 Å². The van der Waals surface area contributed by atoms with Crippen molar-refractivity contribution < 1.29 is 42.5 Å². The summed E-state index contributed by atoms with van der Waals surface area (Å²) in [5.41, 5.74) is 1.11. The van der Waals surface area contributed by atoms with Gasteiger partial charge in [0.15, 0.2) is 0 Å². The van der Waals surface area contributed by atoms with Crippen molar-refractivity contribution in [2.75, 3.05) is 0 Å². The number of unbranched alkanes of at least 4 members (excludes halogenated alkanes) is 13. The molecule has 0 radical (unpaired) electrons. The molecule has 0 atom stereocenters. The second kappa shape index (κ2) is 17.0. The standard InChI is InChI=1S/C22H38O3S.Na/c1-2-3-4-5-6-7-8-9-10-11-12-13-14-15-16-21-17-19-22(20-18-21)26(23,24)25;/h17-20H,2-16H2,1H3,(H,23,24,25);/q;+1/p-1. The molecule has 0 aromatic heterocycles. The fourth-order valence-corrected chi connectivity index (χ4v) is 3.82. The topological polar surface area (TPSA) is 57.2 Å². The molecule has 0 heterocycles. The Morgan fingerprint density at radius 3 is 1.41 bits per heavy atom. The van der Waals surface area contributed by atoms with E-state index in [9.17, 15) is 13.0 Å². The molecule has 0 fully saturated rings. The van der Waals surface area contributed by atoms with Gasteiger partial charge in [-0.2, -0.15) is 0 Å². The van der Waals surface area contributed by atoms with Gasteiger partial charge in [-0.1, -0.05) is 103 Å². The molecular weight excluding hydrogens is 367 g/mol. The van der Waals surface area contributed by atoms with Crippen LogP contribution in [0.5, 0.6) is 0 Å². The average Bonchev–Trinajstić information content (AvgIpc) is 2.61. The molecule has 0 saturated carbocycles. The number of hydrogen-bond acceptors (Lipinski definition) is 3. The molecule has 0 aliphatic heterocycles. The van der Waals surface area contributed by atoms with Gasteiger partial charge in [-0.05, 0) is 30.5 Å². The van der Waals surface area contributed by atoms with Crippen molar-refractivity contribution in [2.24, 2.45) is 0 Å². The molecule has 3 nitrogen and oxygen atoms in total. The Balaban J connectivity index is 0.00000676. The SMILES string of the molecule is CCCCCCCCCCCCCCCCc1ccc(S(=O)(=O)[O-])cc1.[Na+]. The molecule has 0 amide bonds. The Morgan fingerprint density at radius 2 is 1.04 bits per heavy atom. The Morgan fingerprint density at radius 1 is 0.667 bits per heavy atom. The summed E-state index contributed by atoms with van der Waals surface area (Å²) in [6.07, 6.45) is 19.8. The number of rotatable bonds is 16. The number of hydrogen-bond donors (Lipinski definition) is 0. The normalized spacial score (nSPS) is 11.3. The Kier molecular flexibility index (Phi) is 17.1. The fraction of sp³-hybridized carbons (Fsp3) is 0.727. The summed E-state index contributed by atoms with van der Waals surface area (Å²) in [6, 6.07) is 6.35. The quantitative estimate of drug-likeness (QED) is 0.240. The monoisotopic (exact) mass is 404 g/mol. The van der Waals surface area contributed by atoms with Gasteiger partial charge < -0.3 is 4.55 Å². The van der Waals surface area contributed by atoms with E-state index in [0.717, 1.165) is 18.4 Å². The van der Waals surface area contributed by atoms with E-state index in [1.165, 1.54) is 95.6 Å². The van der Waals surface area contributed by atoms with Crippen molar-refractivity contribution in [2.45, 2.75) is 108 Å². The van der Waals surface area contributed by atoms with E-state index < -0.39 is 10.1 Å². The van der Waals surface area contributed by atoms with Crippen molar-refractivity contribution in [3.63, 3.8) is 0 Å². The summed E-state index contributed by atoms with van der Waals surface area (Å²) in [7, 11) is -4.32. The molecule has 0 saturated heterocycles. The maximum Gasteiger partial charge on any atom is 1.00 e. The van der Waals surface area contributed by atoms with Crippen LogP contribution in [0.2, 0.25) is 0 Å². The van der Waals surface area contributed by atoms with Crippen LogP contribution >= 0.6 is 0 Å². The summed E-state index contributed by atoms with van der Waals surface area (Å²) in [6.45, 7) is 2.27. The first-order valence-corrected chi connectivity index (χ1v) is 12.0. The summed E-state index contributed by atoms with van der Waals surface area (Å²) in [5, 5.41) is 0. The predicted octanol–water partition coefficient (Wildman–Crippen LogP) is 3.62. The first-order chi connectivity index (χ1) is 12.5. The first-order valence-electron chi connectivity index (χ1n) is 10.6. The molecular formula is C22H37NaO3S. The molecule has 27 heavy (non-hydrogen) atoms. The van der Waals surface area contributed by atoms with Gasteiger partial charge in [-0.15, -0.1) is 0 Å². The zero-order valence-corrected chi connectivity index (χ0v) is 20.4. The predicted molar refractivity (Wildman–Crippen MR) is 108 cm³/mol. The van der Waals surface area contributed by atoms with E-state index in [4.69, 9.17) is 0 Å². The molecule has 1 rings (SSSR count). The number of aryl methyl sites for hydroxylation is 1. The zero-order valence-electron chi connectivity index (χ0n) is 17.5. The minimum atomic E-state index is -4.32. The van der Waals surface area contributed by atoms with Gasteiger partial charge in [0.05, 0.1) is 4.90 Å². The van der Waals surface area contributed by atoms with Gasteiger partial charge in [0.2, 0.25) is 0 Å². The molecule has 0 unspecified atom stereocenters. The third-order valence-corrected chi connectivity index (χ3v) is 5.88. The molecule has 150 valence electrons. The first kappa shape index (κ1) is 27.1. The maximum atomic E-state index is 10.9. The van der Waals surface area contributed by atoms with Crippen LogP contribution < -0.4 is 29.6 Å². The van der Waals surface area contributed by atoms with Crippen molar-refractivity contribution >= 4 is 10.1 Å². The molecule has 0 bridgehead atoms. The van der Waals surface area contributed by atoms with Crippen molar-refractivity contribution in [1.82, 2.24) is 0 Å². The van der Waals surface area contributed by atoms with Crippen LogP contribution in [0.15, 0.2) is 29.2 Å². The van der Waals surface area contributed by atoms with Crippen LogP contribution in [0.25, 0.3) is 0 Å². The van der Waals surface area contributed by atoms with Gasteiger partial charge in [0.1, 0.15) is 10.1 Å². The molecule has 0 aliphatic rings. The van der Waals surface area contributed by atoms with E-state index in [-0.39, 0.29) is 34.5 Å². The minimum absolute atomic E-state index is 0. The van der Waals surface area contributed by atoms with E-state index in [1.54, 1.807) is 12.1 Å². The Hall–Kier alpha value is 0.130. The largest absolute Gasteiger partial charge is 1.00 e. The molecule has 0 N–H and O–H groups in total. The smallest absolute Gasteiger partial charge is 0.744 e. The molecule has 0 aliphatic carbocycles. The summed E-state index contributed by atoms with van der Waals surface area (Å²) < 4.78 is 32.7. The van der Waals surface area contributed by atoms with Crippen LogP contribution in [-0.4, -0.2) is 13.0 Å². The molecule has 1 aromatic rings. The molecule has 0 spiro atoms. The van der Waals surface area contributed by atoms with Crippen LogP contribution in [-0.2, 0) is 16.5 Å².